The molecule has 1 heterocycles. The molecule has 0 spiro atoms. The monoisotopic (exact) mass is 233 g/mol. The van der Waals surface area contributed by atoms with Crippen molar-refractivity contribution in [3.8, 4) is 0 Å². The zero-order valence-electron chi connectivity index (χ0n) is 10.3. The molecular weight excluding hydrogens is 214 g/mol. The first-order chi connectivity index (χ1) is 8.13. The van der Waals surface area contributed by atoms with E-state index in [4.69, 9.17) is 5.11 Å². The van der Waals surface area contributed by atoms with E-state index in [9.17, 15) is 5.11 Å². The Morgan fingerprint density at radius 2 is 2.24 bits per heavy atom. The lowest BCUT2D eigenvalue weighted by Gasteiger charge is -2.35. The van der Waals surface area contributed by atoms with Crippen molar-refractivity contribution in [3.05, 3.63) is 35.7 Å². The summed E-state index contributed by atoms with van der Waals surface area (Å²) in [5.74, 6) is 0.486. The molecule has 3 heteroatoms. The van der Waals surface area contributed by atoms with Gasteiger partial charge >= 0.3 is 0 Å². The average Bonchev–Trinajstić information content (AvgIpc) is 2.32. The van der Waals surface area contributed by atoms with Crippen molar-refractivity contribution in [1.29, 1.82) is 0 Å². The van der Waals surface area contributed by atoms with Gasteiger partial charge in [0.2, 0.25) is 0 Å². The second-order valence-electron chi connectivity index (χ2n) is 4.71. The third-order valence-electron chi connectivity index (χ3n) is 3.17. The van der Waals surface area contributed by atoms with Gasteiger partial charge in [-0.05, 0) is 23.1 Å². The Kier molecular flexibility index (Phi) is 3.69. The van der Waals surface area contributed by atoms with Crippen molar-refractivity contribution < 1.29 is 10.2 Å². The molecule has 0 fully saturated rings. The summed E-state index contributed by atoms with van der Waals surface area (Å²) in [6.07, 6.45) is 3.15. The van der Waals surface area contributed by atoms with Crippen LogP contribution in [0.5, 0.6) is 0 Å². The van der Waals surface area contributed by atoms with Crippen LogP contribution < -0.4 is 4.90 Å². The number of benzene rings is 1. The molecule has 1 aromatic rings. The maximum absolute atomic E-state index is 9.88. The van der Waals surface area contributed by atoms with E-state index < -0.39 is 6.23 Å². The maximum Gasteiger partial charge on any atom is 0.127 e. The van der Waals surface area contributed by atoms with Crippen LogP contribution in [0, 0.1) is 6.42 Å². The van der Waals surface area contributed by atoms with Crippen LogP contribution in [0.25, 0.3) is 0 Å². The van der Waals surface area contributed by atoms with Crippen LogP contribution in [-0.2, 0) is 0 Å². The highest BCUT2D eigenvalue weighted by molar-refractivity contribution is 5.60. The molecule has 0 saturated heterocycles. The summed E-state index contributed by atoms with van der Waals surface area (Å²) < 4.78 is 0. The normalized spacial score (nSPS) is 19.6. The minimum atomic E-state index is -0.570. The molecule has 2 N–H and O–H groups in total. The second-order valence-corrected chi connectivity index (χ2v) is 4.71. The van der Waals surface area contributed by atoms with Crippen molar-refractivity contribution >= 4 is 5.69 Å². The molecule has 0 bridgehead atoms. The third-order valence-corrected chi connectivity index (χ3v) is 3.17. The summed E-state index contributed by atoms with van der Waals surface area (Å²) in [6.45, 7) is 4.81. The van der Waals surface area contributed by atoms with E-state index in [2.05, 4.69) is 32.4 Å². The number of fused-ring (bicyclic) bond motifs is 1. The quantitative estimate of drug-likeness (QED) is 0.836. The Balaban J connectivity index is 2.33. The fraction of sp³-hybridized carbons (Fsp3) is 0.500. The second kappa shape index (κ2) is 5.07. The fourth-order valence-corrected chi connectivity index (χ4v) is 2.15. The third kappa shape index (κ3) is 2.45. The van der Waals surface area contributed by atoms with Gasteiger partial charge in [0, 0.05) is 25.1 Å². The smallest absolute Gasteiger partial charge is 0.127 e. The zero-order chi connectivity index (χ0) is 12.4. The van der Waals surface area contributed by atoms with Gasteiger partial charge in [0.15, 0.2) is 0 Å². The highest BCUT2D eigenvalue weighted by atomic mass is 16.3. The number of aliphatic hydroxyl groups excluding tert-OH is 2. The Bertz CT molecular complexity index is 390. The zero-order valence-corrected chi connectivity index (χ0v) is 10.3. The van der Waals surface area contributed by atoms with E-state index in [1.54, 1.807) is 0 Å². The average molecular weight is 233 g/mol. The summed E-state index contributed by atoms with van der Waals surface area (Å²) >= 11 is 0. The molecule has 0 aromatic heterocycles. The number of β-amino-alcohol motifs (C(OH)–C–C–N with tert-alkyl or cyclic N) is 1. The van der Waals surface area contributed by atoms with E-state index in [-0.39, 0.29) is 6.61 Å². The van der Waals surface area contributed by atoms with Crippen molar-refractivity contribution in [2.24, 2.45) is 0 Å². The first-order valence-electron chi connectivity index (χ1n) is 6.07. The van der Waals surface area contributed by atoms with Crippen LogP contribution >= 0.6 is 0 Å². The van der Waals surface area contributed by atoms with Gasteiger partial charge in [0.25, 0.3) is 0 Å². The molecule has 92 valence electrons. The predicted octanol–water partition coefficient (Wildman–Crippen LogP) is 1.76. The van der Waals surface area contributed by atoms with Gasteiger partial charge in [-0.25, -0.2) is 0 Å². The summed E-state index contributed by atoms with van der Waals surface area (Å²) in [7, 11) is 0. The highest BCUT2D eigenvalue weighted by Gasteiger charge is 2.24. The van der Waals surface area contributed by atoms with Gasteiger partial charge in [-0.15, -0.1) is 0 Å². The molecule has 17 heavy (non-hydrogen) atoms. The Labute approximate surface area is 103 Å². The minimum Gasteiger partial charge on any atom is -0.395 e. The lowest BCUT2D eigenvalue weighted by molar-refractivity contribution is 0.156. The van der Waals surface area contributed by atoms with Crippen molar-refractivity contribution in [2.45, 2.75) is 32.4 Å². The van der Waals surface area contributed by atoms with Crippen LogP contribution in [0.1, 0.15) is 37.3 Å². The van der Waals surface area contributed by atoms with Gasteiger partial charge in [0.1, 0.15) is 6.23 Å². The number of anilines is 1. The molecule has 0 amide bonds. The summed E-state index contributed by atoms with van der Waals surface area (Å²) in [6, 6.07) is 6.21. The first kappa shape index (κ1) is 12.4. The molecule has 0 saturated carbocycles. The summed E-state index contributed by atoms with van der Waals surface area (Å²) in [5.41, 5.74) is 3.27. The van der Waals surface area contributed by atoms with Gasteiger partial charge in [-0.1, -0.05) is 26.0 Å². The van der Waals surface area contributed by atoms with Crippen LogP contribution in [0.2, 0.25) is 0 Å². The number of nitrogens with zero attached hydrogens (tertiary/aromatic N) is 1. The lowest BCUT2D eigenvalue weighted by Crippen LogP contribution is -2.40. The highest BCUT2D eigenvalue weighted by Crippen LogP contribution is 2.33. The minimum absolute atomic E-state index is 0.0441. The van der Waals surface area contributed by atoms with Crippen LogP contribution in [0.4, 0.5) is 5.69 Å². The molecule has 2 radical (unpaired) electrons. The van der Waals surface area contributed by atoms with Gasteiger partial charge < -0.3 is 15.1 Å². The van der Waals surface area contributed by atoms with E-state index in [1.165, 1.54) is 5.56 Å². The van der Waals surface area contributed by atoms with Crippen LogP contribution in [-0.4, -0.2) is 29.6 Å². The number of hydrogen-bond acceptors (Lipinski definition) is 3. The first-order valence-corrected chi connectivity index (χ1v) is 6.07. The van der Waals surface area contributed by atoms with Crippen LogP contribution in [0.15, 0.2) is 18.2 Å². The van der Waals surface area contributed by atoms with E-state index in [1.807, 2.05) is 11.0 Å². The molecule has 3 nitrogen and oxygen atoms in total. The SMILES string of the molecule is CC(C)c1ccc2c(c1)[C]CC(O)N2CCO. The summed E-state index contributed by atoms with van der Waals surface area (Å²) in [5, 5.41) is 18.9. The molecule has 0 aliphatic carbocycles. The largest absolute Gasteiger partial charge is 0.395 e. The topological polar surface area (TPSA) is 43.7 Å². The Hall–Kier alpha value is -1.06. The molecule has 1 aromatic carbocycles. The Morgan fingerprint density at radius 1 is 1.47 bits per heavy atom. The molecule has 1 atom stereocenters. The Morgan fingerprint density at radius 3 is 2.88 bits per heavy atom. The van der Waals surface area contributed by atoms with E-state index >= 15 is 0 Å². The summed E-state index contributed by atoms with van der Waals surface area (Å²) in [4.78, 5) is 1.83. The molecule has 1 unspecified atom stereocenters. The van der Waals surface area contributed by atoms with Gasteiger partial charge in [-0.2, -0.15) is 0 Å². The predicted molar refractivity (Wildman–Crippen MR) is 67.9 cm³/mol. The van der Waals surface area contributed by atoms with Crippen molar-refractivity contribution in [2.75, 3.05) is 18.1 Å². The van der Waals surface area contributed by atoms with E-state index in [0.29, 0.717) is 18.9 Å². The molecule has 2 rings (SSSR count). The standard InChI is InChI=1S/C14H19NO2/c1-10(2)11-3-5-13-12(9-11)4-6-14(17)15(13)7-8-16/h3,5,9-10,14,16-17H,6-8H2,1-2H3. The van der Waals surface area contributed by atoms with Crippen molar-refractivity contribution in [1.82, 2.24) is 0 Å². The number of rotatable bonds is 3. The van der Waals surface area contributed by atoms with Gasteiger partial charge in [0.05, 0.1) is 6.61 Å². The molecular formula is C14H19NO2. The fourth-order valence-electron chi connectivity index (χ4n) is 2.15. The number of aliphatic hydroxyl groups is 2. The lowest BCUT2D eigenvalue weighted by atomic mass is 9.94. The van der Waals surface area contributed by atoms with Gasteiger partial charge in [-0.3, -0.25) is 0 Å². The molecule has 1 aliphatic heterocycles. The van der Waals surface area contributed by atoms with E-state index in [0.717, 1.165) is 11.3 Å². The number of hydrogen-bond donors (Lipinski definition) is 2. The maximum atomic E-state index is 9.88. The molecule has 1 aliphatic rings. The van der Waals surface area contributed by atoms with Crippen LogP contribution in [0.3, 0.4) is 0 Å². The van der Waals surface area contributed by atoms with Crippen molar-refractivity contribution in [3.63, 3.8) is 0 Å².